The van der Waals surface area contributed by atoms with Crippen LogP contribution in [0.2, 0.25) is 0 Å². The molecule has 2 N–H and O–H groups in total. The lowest BCUT2D eigenvalue weighted by Crippen LogP contribution is -2.49. The van der Waals surface area contributed by atoms with Crippen molar-refractivity contribution in [3.63, 3.8) is 0 Å². The molecule has 2 heterocycles. The number of amides is 1. The van der Waals surface area contributed by atoms with Gasteiger partial charge in [-0.25, -0.2) is 0 Å². The van der Waals surface area contributed by atoms with Gasteiger partial charge in [0.1, 0.15) is 0 Å². The Morgan fingerprint density at radius 2 is 1.93 bits per heavy atom. The summed E-state index contributed by atoms with van der Waals surface area (Å²) in [6, 6.07) is 8.77. The number of aryl methyl sites for hydroxylation is 2. The van der Waals surface area contributed by atoms with Gasteiger partial charge in [-0.1, -0.05) is 36.8 Å². The van der Waals surface area contributed by atoms with Crippen molar-refractivity contribution in [2.45, 2.75) is 66.0 Å². The SMILES string of the molecule is Cc1ccc(Cn2nc(C)c(CCC(=O)N3CCC(C)CC3CN)c2C)cc1. The van der Waals surface area contributed by atoms with Gasteiger partial charge in [0.2, 0.25) is 5.91 Å². The van der Waals surface area contributed by atoms with Gasteiger partial charge in [-0.3, -0.25) is 9.48 Å². The third-order valence-electron chi connectivity index (χ3n) is 6.14. The van der Waals surface area contributed by atoms with E-state index in [4.69, 9.17) is 10.8 Å². The maximum atomic E-state index is 12.8. The van der Waals surface area contributed by atoms with Gasteiger partial charge in [-0.2, -0.15) is 5.10 Å². The molecule has 1 aliphatic heterocycles. The van der Waals surface area contributed by atoms with Crippen LogP contribution in [-0.2, 0) is 17.8 Å². The van der Waals surface area contributed by atoms with Gasteiger partial charge in [-0.15, -0.1) is 0 Å². The molecule has 28 heavy (non-hydrogen) atoms. The Hall–Kier alpha value is -2.14. The predicted octanol–water partition coefficient (Wildman–Crippen LogP) is 3.38. The van der Waals surface area contributed by atoms with E-state index < -0.39 is 0 Å². The first-order valence-corrected chi connectivity index (χ1v) is 10.5. The number of likely N-dealkylation sites (tertiary alicyclic amines) is 1. The highest BCUT2D eigenvalue weighted by atomic mass is 16.2. The summed E-state index contributed by atoms with van der Waals surface area (Å²) in [5.41, 5.74) is 11.8. The average Bonchev–Trinajstić information content (AvgIpc) is 2.94. The number of hydrogen-bond donors (Lipinski definition) is 1. The summed E-state index contributed by atoms with van der Waals surface area (Å²) in [7, 11) is 0. The molecule has 5 heteroatoms. The minimum atomic E-state index is 0.197. The molecule has 1 aromatic heterocycles. The zero-order chi connectivity index (χ0) is 20.3. The van der Waals surface area contributed by atoms with E-state index in [2.05, 4.69) is 49.7 Å². The standard InChI is InChI=1S/C23H34N4O/c1-16-5-7-20(8-6-16)15-27-19(4)22(18(3)25-27)9-10-23(28)26-12-11-17(2)13-21(26)14-24/h5-8,17,21H,9-15,24H2,1-4H3. The number of rotatable bonds is 6. The molecular formula is C23H34N4O. The first-order valence-electron chi connectivity index (χ1n) is 10.5. The fourth-order valence-electron chi connectivity index (χ4n) is 4.30. The second kappa shape index (κ2) is 8.91. The molecule has 5 nitrogen and oxygen atoms in total. The summed E-state index contributed by atoms with van der Waals surface area (Å²) >= 11 is 0. The molecule has 0 bridgehead atoms. The first-order chi connectivity index (χ1) is 13.4. The van der Waals surface area contributed by atoms with Crippen LogP contribution in [0.25, 0.3) is 0 Å². The van der Waals surface area contributed by atoms with Crippen LogP contribution < -0.4 is 5.73 Å². The Kier molecular flexibility index (Phi) is 6.55. The van der Waals surface area contributed by atoms with E-state index in [0.717, 1.165) is 43.7 Å². The second-order valence-corrected chi connectivity index (χ2v) is 8.40. The van der Waals surface area contributed by atoms with E-state index >= 15 is 0 Å². The Morgan fingerprint density at radius 3 is 2.61 bits per heavy atom. The van der Waals surface area contributed by atoms with Gasteiger partial charge in [0.05, 0.1) is 12.2 Å². The summed E-state index contributed by atoms with van der Waals surface area (Å²) in [6.45, 7) is 10.7. The average molecular weight is 383 g/mol. The number of benzene rings is 1. The fraction of sp³-hybridized carbons (Fsp3) is 0.565. The Balaban J connectivity index is 1.65. The minimum Gasteiger partial charge on any atom is -0.338 e. The molecule has 1 fully saturated rings. The van der Waals surface area contributed by atoms with Crippen molar-refractivity contribution in [3.05, 3.63) is 52.3 Å². The second-order valence-electron chi connectivity index (χ2n) is 8.40. The number of carbonyl (C=O) groups is 1. The summed E-state index contributed by atoms with van der Waals surface area (Å²) in [6.07, 6.45) is 3.38. The molecule has 1 saturated heterocycles. The van der Waals surface area contributed by atoms with Gasteiger partial charge in [0.25, 0.3) is 0 Å². The highest BCUT2D eigenvalue weighted by molar-refractivity contribution is 5.77. The van der Waals surface area contributed by atoms with E-state index in [0.29, 0.717) is 18.9 Å². The molecule has 152 valence electrons. The largest absolute Gasteiger partial charge is 0.338 e. The zero-order valence-corrected chi connectivity index (χ0v) is 17.7. The zero-order valence-electron chi connectivity index (χ0n) is 17.7. The van der Waals surface area contributed by atoms with Gasteiger partial charge in [-0.05, 0) is 57.1 Å². The van der Waals surface area contributed by atoms with E-state index in [1.165, 1.54) is 16.7 Å². The van der Waals surface area contributed by atoms with E-state index in [1.807, 2.05) is 11.8 Å². The van der Waals surface area contributed by atoms with Crippen LogP contribution >= 0.6 is 0 Å². The number of nitrogens with two attached hydrogens (primary N) is 1. The first kappa shape index (κ1) is 20.6. The number of aromatic nitrogens is 2. The third-order valence-corrected chi connectivity index (χ3v) is 6.14. The molecule has 3 rings (SSSR count). The molecule has 2 aromatic rings. The molecule has 0 spiro atoms. The van der Waals surface area contributed by atoms with E-state index in [9.17, 15) is 4.79 Å². The number of nitrogens with zero attached hydrogens (tertiary/aromatic N) is 3. The smallest absolute Gasteiger partial charge is 0.223 e. The van der Waals surface area contributed by atoms with Crippen molar-refractivity contribution in [2.24, 2.45) is 11.7 Å². The Morgan fingerprint density at radius 1 is 1.21 bits per heavy atom. The van der Waals surface area contributed by atoms with Crippen LogP contribution in [0.4, 0.5) is 0 Å². The monoisotopic (exact) mass is 382 g/mol. The number of piperidine rings is 1. The van der Waals surface area contributed by atoms with Gasteiger partial charge < -0.3 is 10.6 Å². The van der Waals surface area contributed by atoms with Gasteiger partial charge in [0, 0.05) is 31.2 Å². The molecule has 1 aliphatic rings. The summed E-state index contributed by atoms with van der Waals surface area (Å²) in [5, 5.41) is 4.73. The molecule has 1 aromatic carbocycles. The van der Waals surface area contributed by atoms with Crippen LogP contribution in [0, 0.1) is 26.7 Å². The Labute approximate surface area is 168 Å². The topological polar surface area (TPSA) is 64.2 Å². The van der Waals surface area contributed by atoms with Crippen molar-refractivity contribution in [1.82, 2.24) is 14.7 Å². The highest BCUT2D eigenvalue weighted by Crippen LogP contribution is 2.24. The molecular weight excluding hydrogens is 348 g/mol. The van der Waals surface area contributed by atoms with Crippen LogP contribution in [0.3, 0.4) is 0 Å². The molecule has 2 unspecified atom stereocenters. The quantitative estimate of drug-likeness (QED) is 0.833. The lowest BCUT2D eigenvalue weighted by molar-refractivity contribution is -0.135. The van der Waals surface area contributed by atoms with Crippen LogP contribution in [0.15, 0.2) is 24.3 Å². The normalized spacial score (nSPS) is 19.8. The number of hydrogen-bond acceptors (Lipinski definition) is 3. The van der Waals surface area contributed by atoms with E-state index in [1.54, 1.807) is 0 Å². The Bertz CT molecular complexity index is 809. The summed E-state index contributed by atoms with van der Waals surface area (Å²) in [5.74, 6) is 0.884. The van der Waals surface area contributed by atoms with Crippen molar-refractivity contribution >= 4 is 5.91 Å². The minimum absolute atomic E-state index is 0.197. The van der Waals surface area contributed by atoms with Crippen molar-refractivity contribution in [3.8, 4) is 0 Å². The van der Waals surface area contributed by atoms with Crippen LogP contribution in [-0.4, -0.2) is 39.7 Å². The predicted molar refractivity (Wildman–Crippen MR) is 113 cm³/mol. The van der Waals surface area contributed by atoms with Crippen molar-refractivity contribution in [2.75, 3.05) is 13.1 Å². The van der Waals surface area contributed by atoms with Gasteiger partial charge in [0.15, 0.2) is 0 Å². The number of carbonyl (C=O) groups excluding carboxylic acids is 1. The van der Waals surface area contributed by atoms with Crippen molar-refractivity contribution in [1.29, 1.82) is 0 Å². The van der Waals surface area contributed by atoms with Crippen molar-refractivity contribution < 1.29 is 4.79 Å². The maximum absolute atomic E-state index is 12.8. The molecule has 0 aliphatic carbocycles. The maximum Gasteiger partial charge on any atom is 0.223 e. The highest BCUT2D eigenvalue weighted by Gasteiger charge is 2.28. The summed E-state index contributed by atoms with van der Waals surface area (Å²) < 4.78 is 2.06. The summed E-state index contributed by atoms with van der Waals surface area (Å²) in [4.78, 5) is 14.9. The lowest BCUT2D eigenvalue weighted by Gasteiger charge is -2.38. The van der Waals surface area contributed by atoms with E-state index in [-0.39, 0.29) is 11.9 Å². The van der Waals surface area contributed by atoms with Crippen LogP contribution in [0.1, 0.15) is 54.3 Å². The molecule has 0 saturated carbocycles. The lowest BCUT2D eigenvalue weighted by atomic mass is 9.92. The third kappa shape index (κ3) is 4.64. The fourth-order valence-corrected chi connectivity index (χ4v) is 4.30. The molecule has 1 amide bonds. The van der Waals surface area contributed by atoms with Gasteiger partial charge >= 0.3 is 0 Å². The molecule has 0 radical (unpaired) electrons. The van der Waals surface area contributed by atoms with Crippen LogP contribution in [0.5, 0.6) is 0 Å². The molecule has 2 atom stereocenters.